The van der Waals surface area contributed by atoms with E-state index in [1.165, 1.54) is 77.9 Å². The molecular weight excluding hydrogens is 494 g/mol. The van der Waals surface area contributed by atoms with Gasteiger partial charge in [0.15, 0.2) is 0 Å². The topological polar surface area (TPSA) is 3.24 Å². The fourth-order valence-electron chi connectivity index (χ4n) is 7.48. The number of benzene rings is 5. The SMILES string of the molecule is Cc1ccc(N(c2ccc(C(C)(C)C)cc2)c2cc3c4c(c2)C(C)(C)c2cccc5c(C)cc(c-4c25)C3(C)C)cc1. The summed E-state index contributed by atoms with van der Waals surface area (Å²) in [5.74, 6) is 0. The maximum absolute atomic E-state index is 2.49. The van der Waals surface area contributed by atoms with Crippen molar-refractivity contribution in [3.8, 4) is 11.1 Å². The van der Waals surface area contributed by atoms with Gasteiger partial charge in [-0.05, 0) is 111 Å². The summed E-state index contributed by atoms with van der Waals surface area (Å²) < 4.78 is 0. The Morgan fingerprint density at radius 3 is 1.68 bits per heavy atom. The molecule has 41 heavy (non-hydrogen) atoms. The van der Waals surface area contributed by atoms with Crippen molar-refractivity contribution in [3.05, 3.63) is 124 Å². The third-order valence-corrected chi connectivity index (χ3v) is 9.98. The van der Waals surface area contributed by atoms with Crippen LogP contribution in [0.3, 0.4) is 0 Å². The molecule has 0 atom stereocenters. The number of rotatable bonds is 3. The van der Waals surface area contributed by atoms with Gasteiger partial charge < -0.3 is 4.90 Å². The molecule has 1 heteroatoms. The summed E-state index contributed by atoms with van der Waals surface area (Å²) in [4.78, 5) is 2.46. The number of nitrogens with zero attached hydrogens (tertiary/aromatic N) is 1. The minimum absolute atomic E-state index is 0.0864. The minimum Gasteiger partial charge on any atom is -0.310 e. The van der Waals surface area contributed by atoms with Gasteiger partial charge in [-0.1, -0.05) is 103 Å². The highest BCUT2D eigenvalue weighted by atomic mass is 15.1. The normalized spacial score (nSPS) is 15.8. The molecule has 0 saturated carbocycles. The lowest BCUT2D eigenvalue weighted by molar-refractivity contribution is 0.590. The standard InChI is InChI=1S/C40H41N/c1-24-13-17-27(18-14-24)41(28-19-15-26(16-20-28)38(3,4)5)29-22-33-36-34(23-29)40(8,9)32-21-25(2)30-11-10-12-31(39(33,6)7)35(30)37(32)36/h10-23H,1-9H3. The van der Waals surface area contributed by atoms with Crippen LogP contribution in [-0.4, -0.2) is 0 Å². The maximum Gasteiger partial charge on any atom is 0.0468 e. The zero-order chi connectivity index (χ0) is 29.1. The Morgan fingerprint density at radius 2 is 1.10 bits per heavy atom. The van der Waals surface area contributed by atoms with Crippen molar-refractivity contribution in [1.82, 2.24) is 0 Å². The number of hydrogen-bond donors (Lipinski definition) is 0. The Balaban J connectivity index is 1.53. The third kappa shape index (κ3) is 3.61. The lowest BCUT2D eigenvalue weighted by Gasteiger charge is -2.37. The van der Waals surface area contributed by atoms with Crippen molar-refractivity contribution in [1.29, 1.82) is 0 Å². The zero-order valence-corrected chi connectivity index (χ0v) is 26.0. The van der Waals surface area contributed by atoms with Gasteiger partial charge in [0.1, 0.15) is 0 Å². The molecule has 2 aliphatic carbocycles. The van der Waals surface area contributed by atoms with Gasteiger partial charge in [0.25, 0.3) is 0 Å². The molecular formula is C40H41N. The van der Waals surface area contributed by atoms with Crippen LogP contribution >= 0.6 is 0 Å². The molecule has 0 unspecified atom stereocenters. The molecule has 0 spiro atoms. The van der Waals surface area contributed by atoms with Crippen LogP contribution in [0.2, 0.25) is 0 Å². The van der Waals surface area contributed by atoms with Crippen LogP contribution in [0.1, 0.15) is 87.4 Å². The van der Waals surface area contributed by atoms with Gasteiger partial charge in [-0.3, -0.25) is 0 Å². The lowest BCUT2D eigenvalue weighted by atomic mass is 9.68. The molecule has 0 aliphatic heterocycles. The summed E-state index contributed by atoms with van der Waals surface area (Å²) in [6, 6.07) is 32.5. The molecule has 0 amide bonds. The van der Waals surface area contributed by atoms with Crippen LogP contribution in [0.4, 0.5) is 17.1 Å². The largest absolute Gasteiger partial charge is 0.310 e. The van der Waals surface area contributed by atoms with Gasteiger partial charge in [-0.2, -0.15) is 0 Å². The van der Waals surface area contributed by atoms with E-state index in [9.17, 15) is 0 Å². The van der Waals surface area contributed by atoms with Crippen molar-refractivity contribution < 1.29 is 0 Å². The van der Waals surface area contributed by atoms with Crippen molar-refractivity contribution >= 4 is 27.8 Å². The number of anilines is 3. The summed E-state index contributed by atoms with van der Waals surface area (Å²) in [6.45, 7) is 21.0. The molecule has 0 radical (unpaired) electrons. The average Bonchev–Trinajstić information content (AvgIpc) is 3.15. The lowest BCUT2D eigenvalue weighted by Crippen LogP contribution is -2.25. The second-order valence-corrected chi connectivity index (χ2v) is 14.5. The van der Waals surface area contributed by atoms with Gasteiger partial charge in [0.05, 0.1) is 0 Å². The van der Waals surface area contributed by atoms with E-state index in [-0.39, 0.29) is 16.2 Å². The van der Waals surface area contributed by atoms with E-state index in [0.717, 1.165) is 0 Å². The second kappa shape index (κ2) is 8.35. The minimum atomic E-state index is -0.118. The van der Waals surface area contributed by atoms with Crippen molar-refractivity contribution in [3.63, 3.8) is 0 Å². The van der Waals surface area contributed by atoms with Gasteiger partial charge in [0.2, 0.25) is 0 Å². The fraction of sp³-hybridized carbons (Fsp3) is 0.300. The maximum atomic E-state index is 2.49. The molecule has 0 heterocycles. The predicted molar refractivity (Wildman–Crippen MR) is 176 cm³/mol. The van der Waals surface area contributed by atoms with Crippen LogP contribution in [-0.2, 0) is 16.2 Å². The van der Waals surface area contributed by atoms with E-state index in [0.29, 0.717) is 0 Å². The van der Waals surface area contributed by atoms with E-state index in [1.54, 1.807) is 0 Å². The molecule has 5 aromatic carbocycles. The van der Waals surface area contributed by atoms with E-state index >= 15 is 0 Å². The summed E-state index contributed by atoms with van der Waals surface area (Å²) in [6.07, 6.45) is 0. The molecule has 0 fully saturated rings. The number of aryl methyl sites for hydroxylation is 2. The van der Waals surface area contributed by atoms with Crippen molar-refractivity contribution in [2.24, 2.45) is 0 Å². The van der Waals surface area contributed by atoms with Crippen LogP contribution in [0.5, 0.6) is 0 Å². The molecule has 1 nitrogen and oxygen atoms in total. The molecule has 0 bridgehead atoms. The van der Waals surface area contributed by atoms with Gasteiger partial charge in [-0.15, -0.1) is 0 Å². The smallest absolute Gasteiger partial charge is 0.0468 e. The van der Waals surface area contributed by atoms with Crippen LogP contribution < -0.4 is 4.90 Å². The fourth-order valence-corrected chi connectivity index (χ4v) is 7.48. The van der Waals surface area contributed by atoms with Crippen LogP contribution in [0, 0.1) is 13.8 Å². The Bertz CT molecular complexity index is 1860. The zero-order valence-electron chi connectivity index (χ0n) is 26.0. The van der Waals surface area contributed by atoms with Crippen molar-refractivity contribution in [2.45, 2.75) is 78.6 Å². The van der Waals surface area contributed by atoms with Crippen LogP contribution in [0.25, 0.3) is 21.9 Å². The van der Waals surface area contributed by atoms with Gasteiger partial charge in [-0.25, -0.2) is 0 Å². The highest BCUT2D eigenvalue weighted by Crippen LogP contribution is 2.61. The van der Waals surface area contributed by atoms with E-state index in [1.807, 2.05) is 0 Å². The van der Waals surface area contributed by atoms with Gasteiger partial charge >= 0.3 is 0 Å². The molecule has 0 N–H and O–H groups in total. The third-order valence-electron chi connectivity index (χ3n) is 9.98. The van der Waals surface area contributed by atoms with E-state index < -0.39 is 0 Å². The van der Waals surface area contributed by atoms with E-state index in [2.05, 4.69) is 152 Å². The first-order valence-corrected chi connectivity index (χ1v) is 15.0. The second-order valence-electron chi connectivity index (χ2n) is 14.5. The van der Waals surface area contributed by atoms with E-state index in [4.69, 9.17) is 0 Å². The van der Waals surface area contributed by atoms with Crippen molar-refractivity contribution in [2.75, 3.05) is 4.90 Å². The quantitative estimate of drug-likeness (QED) is 0.222. The molecule has 206 valence electrons. The Kier molecular flexibility index (Phi) is 5.31. The molecule has 2 aliphatic rings. The first-order chi connectivity index (χ1) is 19.3. The highest BCUT2D eigenvalue weighted by Gasteiger charge is 2.45. The Labute approximate surface area is 245 Å². The summed E-state index contributed by atoms with van der Waals surface area (Å²) >= 11 is 0. The predicted octanol–water partition coefficient (Wildman–Crippen LogP) is 11.2. The summed E-state index contributed by atoms with van der Waals surface area (Å²) in [5, 5.41) is 2.86. The van der Waals surface area contributed by atoms with Gasteiger partial charge in [0, 0.05) is 27.9 Å². The average molecular weight is 536 g/mol. The first kappa shape index (κ1) is 26.1. The van der Waals surface area contributed by atoms with Crippen LogP contribution in [0.15, 0.2) is 84.9 Å². The highest BCUT2D eigenvalue weighted by molar-refractivity contribution is 6.09. The Morgan fingerprint density at radius 1 is 0.561 bits per heavy atom. The molecule has 0 aromatic heterocycles. The number of hydrogen-bond acceptors (Lipinski definition) is 1. The summed E-state index contributed by atoms with van der Waals surface area (Å²) in [5.41, 5.74) is 16.2. The monoisotopic (exact) mass is 535 g/mol. The first-order valence-electron chi connectivity index (χ1n) is 15.0. The Hall–Kier alpha value is -3.84. The molecule has 0 saturated heterocycles. The molecule has 5 aromatic rings. The summed E-state index contributed by atoms with van der Waals surface area (Å²) in [7, 11) is 0. The molecule has 7 rings (SSSR count).